The van der Waals surface area contributed by atoms with Gasteiger partial charge in [-0.3, -0.25) is 4.79 Å². The van der Waals surface area contributed by atoms with Gasteiger partial charge in [0, 0.05) is 10.2 Å². The first-order valence-electron chi connectivity index (χ1n) is 4.65. The van der Waals surface area contributed by atoms with Gasteiger partial charge in [-0.1, -0.05) is 22.9 Å². The lowest BCUT2D eigenvalue weighted by Gasteiger charge is -2.09. The van der Waals surface area contributed by atoms with Crippen LogP contribution in [0, 0.1) is 5.92 Å². The summed E-state index contributed by atoms with van der Waals surface area (Å²) in [6, 6.07) is 5.65. The highest BCUT2D eigenvalue weighted by Crippen LogP contribution is 2.19. The van der Waals surface area contributed by atoms with E-state index >= 15 is 0 Å². The number of hydrogen-bond donors (Lipinski definition) is 1. The van der Waals surface area contributed by atoms with Gasteiger partial charge in [0.25, 0.3) is 0 Å². The Balaban J connectivity index is 2.76. The van der Waals surface area contributed by atoms with Crippen LogP contribution in [0.25, 0.3) is 0 Å². The monoisotopic (exact) mass is 271 g/mol. The van der Waals surface area contributed by atoms with Crippen LogP contribution in [0.3, 0.4) is 0 Å². The summed E-state index contributed by atoms with van der Waals surface area (Å²) in [5.41, 5.74) is 7.42. The highest BCUT2D eigenvalue weighted by atomic mass is 79.9. The summed E-state index contributed by atoms with van der Waals surface area (Å²) in [7, 11) is 1.40. The quantitative estimate of drug-likeness (QED) is 0.679. The first kappa shape index (κ1) is 12.0. The van der Waals surface area contributed by atoms with E-state index in [2.05, 4.69) is 20.7 Å². The summed E-state index contributed by atoms with van der Waals surface area (Å²) in [6.07, 6.45) is 0.635. The molecule has 0 saturated heterocycles. The Kier molecular flexibility index (Phi) is 4.15. The normalized spacial score (nSPS) is 12.2. The van der Waals surface area contributed by atoms with Crippen molar-refractivity contribution < 1.29 is 9.53 Å². The van der Waals surface area contributed by atoms with Crippen molar-refractivity contribution in [2.24, 2.45) is 5.92 Å². The Labute approximate surface area is 97.7 Å². The summed E-state index contributed by atoms with van der Waals surface area (Å²) >= 11 is 3.36. The maximum absolute atomic E-state index is 11.2. The Morgan fingerprint density at radius 3 is 2.73 bits per heavy atom. The van der Waals surface area contributed by atoms with Gasteiger partial charge < -0.3 is 10.5 Å². The molecule has 0 heterocycles. The predicted molar refractivity (Wildman–Crippen MR) is 63.4 cm³/mol. The number of nitrogen functional groups attached to an aromatic ring is 1. The number of carbonyl (C=O) groups is 1. The molecule has 3 nitrogen and oxygen atoms in total. The molecule has 82 valence electrons. The lowest BCUT2D eigenvalue weighted by molar-refractivity contribution is -0.144. The number of esters is 1. The average molecular weight is 272 g/mol. The van der Waals surface area contributed by atoms with E-state index < -0.39 is 0 Å². The number of methoxy groups -OCH3 is 1. The van der Waals surface area contributed by atoms with Gasteiger partial charge in [0.15, 0.2) is 0 Å². The average Bonchev–Trinajstić information content (AvgIpc) is 2.14. The van der Waals surface area contributed by atoms with E-state index in [9.17, 15) is 4.79 Å². The molecule has 1 unspecified atom stereocenters. The fourth-order valence-electron chi connectivity index (χ4n) is 1.43. The zero-order valence-corrected chi connectivity index (χ0v) is 10.4. The highest BCUT2D eigenvalue weighted by Gasteiger charge is 2.13. The summed E-state index contributed by atoms with van der Waals surface area (Å²) in [5.74, 6) is -0.350. The molecular weight excluding hydrogens is 258 g/mol. The summed E-state index contributed by atoms with van der Waals surface area (Å²) < 4.78 is 5.59. The molecular formula is C11H14BrNO2. The largest absolute Gasteiger partial charge is 0.469 e. The minimum Gasteiger partial charge on any atom is -0.469 e. The maximum atomic E-state index is 11.2. The standard InChI is InChI=1S/C11H14BrNO2/c1-7(11(14)15-2)3-8-4-9(12)6-10(13)5-8/h4-7H,3,13H2,1-2H3. The zero-order valence-electron chi connectivity index (χ0n) is 8.79. The Morgan fingerprint density at radius 1 is 1.53 bits per heavy atom. The second-order valence-electron chi connectivity index (χ2n) is 3.52. The molecule has 1 rings (SSSR count). The van der Waals surface area contributed by atoms with E-state index in [0.717, 1.165) is 10.0 Å². The second-order valence-corrected chi connectivity index (χ2v) is 4.44. The van der Waals surface area contributed by atoms with Crippen LogP contribution in [0.2, 0.25) is 0 Å². The van der Waals surface area contributed by atoms with Gasteiger partial charge in [-0.05, 0) is 30.2 Å². The van der Waals surface area contributed by atoms with Crippen LogP contribution >= 0.6 is 15.9 Å². The smallest absolute Gasteiger partial charge is 0.308 e. The van der Waals surface area contributed by atoms with E-state index in [0.29, 0.717) is 12.1 Å². The molecule has 15 heavy (non-hydrogen) atoms. The molecule has 0 aliphatic rings. The number of carbonyl (C=O) groups excluding carboxylic acids is 1. The number of anilines is 1. The summed E-state index contributed by atoms with van der Waals surface area (Å²) in [4.78, 5) is 11.2. The first-order chi connectivity index (χ1) is 7.02. The number of rotatable bonds is 3. The van der Waals surface area contributed by atoms with E-state index in [-0.39, 0.29) is 11.9 Å². The van der Waals surface area contributed by atoms with Crippen molar-refractivity contribution in [2.45, 2.75) is 13.3 Å². The van der Waals surface area contributed by atoms with E-state index in [4.69, 9.17) is 5.73 Å². The molecule has 0 aliphatic carbocycles. The fourth-order valence-corrected chi connectivity index (χ4v) is 1.99. The third-order valence-electron chi connectivity index (χ3n) is 2.13. The number of hydrogen-bond acceptors (Lipinski definition) is 3. The van der Waals surface area contributed by atoms with Crippen LogP contribution in [0.15, 0.2) is 22.7 Å². The third kappa shape index (κ3) is 3.55. The predicted octanol–water partition coefficient (Wildman–Crippen LogP) is 2.38. The molecule has 1 aromatic carbocycles. The molecule has 0 amide bonds. The first-order valence-corrected chi connectivity index (χ1v) is 5.45. The minimum atomic E-state index is -0.200. The zero-order chi connectivity index (χ0) is 11.4. The SMILES string of the molecule is COC(=O)C(C)Cc1cc(N)cc(Br)c1. The second kappa shape index (κ2) is 5.16. The van der Waals surface area contributed by atoms with Gasteiger partial charge in [0.05, 0.1) is 13.0 Å². The van der Waals surface area contributed by atoms with Crippen LogP contribution in [0.1, 0.15) is 12.5 Å². The molecule has 0 bridgehead atoms. The van der Waals surface area contributed by atoms with Crippen LogP contribution in [0.4, 0.5) is 5.69 Å². The van der Waals surface area contributed by atoms with Crippen molar-refractivity contribution in [2.75, 3.05) is 12.8 Å². The summed E-state index contributed by atoms with van der Waals surface area (Å²) in [5, 5.41) is 0. The molecule has 4 heteroatoms. The Morgan fingerprint density at radius 2 is 2.20 bits per heavy atom. The van der Waals surface area contributed by atoms with Gasteiger partial charge in [0.2, 0.25) is 0 Å². The number of halogens is 1. The van der Waals surface area contributed by atoms with Gasteiger partial charge in [0.1, 0.15) is 0 Å². The number of ether oxygens (including phenoxy) is 1. The van der Waals surface area contributed by atoms with Crippen molar-refractivity contribution in [3.05, 3.63) is 28.2 Å². The Bertz CT molecular complexity index is 345. The van der Waals surface area contributed by atoms with Crippen molar-refractivity contribution in [3.8, 4) is 0 Å². The van der Waals surface area contributed by atoms with E-state index in [1.165, 1.54) is 7.11 Å². The summed E-state index contributed by atoms with van der Waals surface area (Å²) in [6.45, 7) is 1.84. The third-order valence-corrected chi connectivity index (χ3v) is 2.58. The van der Waals surface area contributed by atoms with Crippen LogP contribution in [-0.4, -0.2) is 13.1 Å². The molecule has 0 saturated carbocycles. The number of benzene rings is 1. The van der Waals surface area contributed by atoms with E-state index in [1.54, 1.807) is 0 Å². The topological polar surface area (TPSA) is 52.3 Å². The van der Waals surface area contributed by atoms with Crippen molar-refractivity contribution in [1.29, 1.82) is 0 Å². The van der Waals surface area contributed by atoms with Crippen LogP contribution < -0.4 is 5.73 Å². The molecule has 1 atom stereocenters. The van der Waals surface area contributed by atoms with Crippen LogP contribution in [0.5, 0.6) is 0 Å². The molecule has 0 fully saturated rings. The van der Waals surface area contributed by atoms with Gasteiger partial charge in [-0.2, -0.15) is 0 Å². The fraction of sp³-hybridized carbons (Fsp3) is 0.364. The number of nitrogens with two attached hydrogens (primary N) is 1. The molecule has 0 spiro atoms. The van der Waals surface area contributed by atoms with E-state index in [1.807, 2.05) is 25.1 Å². The minimum absolute atomic E-state index is 0.149. The highest BCUT2D eigenvalue weighted by molar-refractivity contribution is 9.10. The van der Waals surface area contributed by atoms with Crippen molar-refractivity contribution in [3.63, 3.8) is 0 Å². The van der Waals surface area contributed by atoms with Crippen LogP contribution in [-0.2, 0) is 16.0 Å². The molecule has 0 radical (unpaired) electrons. The maximum Gasteiger partial charge on any atom is 0.308 e. The lowest BCUT2D eigenvalue weighted by atomic mass is 10.0. The van der Waals surface area contributed by atoms with Gasteiger partial charge in [-0.15, -0.1) is 0 Å². The molecule has 0 aliphatic heterocycles. The van der Waals surface area contributed by atoms with Gasteiger partial charge >= 0.3 is 5.97 Å². The molecule has 1 aromatic rings. The van der Waals surface area contributed by atoms with Crippen molar-refractivity contribution >= 4 is 27.6 Å². The Hall–Kier alpha value is -1.03. The molecule has 0 aromatic heterocycles. The van der Waals surface area contributed by atoms with Crippen molar-refractivity contribution in [1.82, 2.24) is 0 Å². The van der Waals surface area contributed by atoms with Gasteiger partial charge in [-0.25, -0.2) is 0 Å². The molecule has 2 N–H and O–H groups in total. The lowest BCUT2D eigenvalue weighted by Crippen LogP contribution is -2.15.